The second-order valence-electron chi connectivity index (χ2n) is 5.26. The van der Waals surface area contributed by atoms with Crippen LogP contribution < -0.4 is 5.32 Å². The van der Waals surface area contributed by atoms with Crippen LogP contribution in [0.3, 0.4) is 0 Å². The molecule has 2 heterocycles. The average molecular weight is 278 g/mol. The maximum atomic E-state index is 5.87. The minimum Gasteiger partial charge on any atom is -0.373 e. The summed E-state index contributed by atoms with van der Waals surface area (Å²) >= 11 is 0. The SMILES string of the molecule is CCCN1CCOC(c2nc(C)c(CC)c(NC)n2)C1. The van der Waals surface area contributed by atoms with Crippen molar-refractivity contribution in [3.8, 4) is 0 Å². The molecule has 5 heteroatoms. The van der Waals surface area contributed by atoms with Crippen molar-refractivity contribution in [2.24, 2.45) is 0 Å². The van der Waals surface area contributed by atoms with E-state index in [2.05, 4.69) is 41.0 Å². The molecule has 1 unspecified atom stereocenters. The minimum atomic E-state index is -0.00740. The zero-order valence-electron chi connectivity index (χ0n) is 13.1. The monoisotopic (exact) mass is 278 g/mol. The molecule has 0 radical (unpaired) electrons. The maximum absolute atomic E-state index is 5.87. The van der Waals surface area contributed by atoms with E-state index in [-0.39, 0.29) is 6.10 Å². The van der Waals surface area contributed by atoms with Crippen LogP contribution >= 0.6 is 0 Å². The van der Waals surface area contributed by atoms with Crippen molar-refractivity contribution in [3.05, 3.63) is 17.1 Å². The summed E-state index contributed by atoms with van der Waals surface area (Å²) in [6.45, 7) is 10.2. The third-order valence-corrected chi connectivity index (χ3v) is 3.80. The fourth-order valence-electron chi connectivity index (χ4n) is 2.77. The van der Waals surface area contributed by atoms with Gasteiger partial charge in [0.25, 0.3) is 0 Å². The molecule has 20 heavy (non-hydrogen) atoms. The lowest BCUT2D eigenvalue weighted by Gasteiger charge is -2.32. The van der Waals surface area contributed by atoms with Crippen molar-refractivity contribution < 1.29 is 4.74 Å². The largest absolute Gasteiger partial charge is 0.373 e. The van der Waals surface area contributed by atoms with E-state index >= 15 is 0 Å². The van der Waals surface area contributed by atoms with Crippen LogP contribution in [-0.4, -0.2) is 48.2 Å². The first kappa shape index (κ1) is 15.2. The molecule has 1 aromatic heterocycles. The number of anilines is 1. The first-order valence-electron chi connectivity index (χ1n) is 7.58. The predicted octanol–water partition coefficient (Wildman–Crippen LogP) is 2.17. The van der Waals surface area contributed by atoms with Crippen molar-refractivity contribution in [2.75, 3.05) is 38.6 Å². The highest BCUT2D eigenvalue weighted by atomic mass is 16.5. The summed E-state index contributed by atoms with van der Waals surface area (Å²) in [5.41, 5.74) is 2.25. The zero-order valence-corrected chi connectivity index (χ0v) is 13.1. The summed E-state index contributed by atoms with van der Waals surface area (Å²) in [7, 11) is 1.91. The number of ether oxygens (including phenoxy) is 1. The predicted molar refractivity (Wildman–Crippen MR) is 81.1 cm³/mol. The molecule has 0 aliphatic carbocycles. The molecule has 1 fully saturated rings. The molecule has 0 bridgehead atoms. The Balaban J connectivity index is 2.21. The zero-order chi connectivity index (χ0) is 14.5. The third kappa shape index (κ3) is 3.27. The number of nitrogens with one attached hydrogen (secondary N) is 1. The highest BCUT2D eigenvalue weighted by Gasteiger charge is 2.25. The van der Waals surface area contributed by atoms with Gasteiger partial charge in [-0.25, -0.2) is 9.97 Å². The molecule has 1 atom stereocenters. The van der Waals surface area contributed by atoms with Crippen LogP contribution in [0, 0.1) is 6.92 Å². The maximum Gasteiger partial charge on any atom is 0.161 e. The molecule has 1 saturated heterocycles. The number of nitrogens with zero attached hydrogens (tertiary/aromatic N) is 3. The number of aromatic nitrogens is 2. The van der Waals surface area contributed by atoms with E-state index in [1.807, 2.05) is 7.05 Å². The molecule has 1 aromatic rings. The molecule has 0 amide bonds. The van der Waals surface area contributed by atoms with Crippen LogP contribution in [0.5, 0.6) is 0 Å². The topological polar surface area (TPSA) is 50.3 Å². The smallest absolute Gasteiger partial charge is 0.161 e. The number of hydrogen-bond acceptors (Lipinski definition) is 5. The summed E-state index contributed by atoms with van der Waals surface area (Å²) in [5.74, 6) is 1.75. The highest BCUT2D eigenvalue weighted by molar-refractivity contribution is 5.46. The molecule has 5 nitrogen and oxygen atoms in total. The van der Waals surface area contributed by atoms with Gasteiger partial charge in [0.2, 0.25) is 0 Å². The van der Waals surface area contributed by atoms with E-state index in [4.69, 9.17) is 4.74 Å². The van der Waals surface area contributed by atoms with Gasteiger partial charge in [0.15, 0.2) is 5.82 Å². The van der Waals surface area contributed by atoms with Crippen LogP contribution in [-0.2, 0) is 11.2 Å². The van der Waals surface area contributed by atoms with Gasteiger partial charge in [0.05, 0.1) is 6.61 Å². The van der Waals surface area contributed by atoms with Crippen LogP contribution in [0.2, 0.25) is 0 Å². The van der Waals surface area contributed by atoms with Gasteiger partial charge in [0.1, 0.15) is 11.9 Å². The first-order chi connectivity index (χ1) is 9.69. The van der Waals surface area contributed by atoms with Gasteiger partial charge in [-0.05, 0) is 26.3 Å². The summed E-state index contributed by atoms with van der Waals surface area (Å²) < 4.78 is 5.87. The van der Waals surface area contributed by atoms with E-state index in [9.17, 15) is 0 Å². The van der Waals surface area contributed by atoms with Crippen LogP contribution in [0.15, 0.2) is 0 Å². The van der Waals surface area contributed by atoms with Crippen molar-refractivity contribution >= 4 is 5.82 Å². The van der Waals surface area contributed by atoms with E-state index in [1.165, 1.54) is 12.0 Å². The second-order valence-corrected chi connectivity index (χ2v) is 5.26. The Morgan fingerprint density at radius 3 is 2.80 bits per heavy atom. The Labute approximate surface area is 121 Å². The highest BCUT2D eigenvalue weighted by Crippen LogP contribution is 2.24. The number of aryl methyl sites for hydroxylation is 1. The molecular weight excluding hydrogens is 252 g/mol. The van der Waals surface area contributed by atoms with Crippen LogP contribution in [0.4, 0.5) is 5.82 Å². The Bertz CT molecular complexity index is 448. The van der Waals surface area contributed by atoms with Gasteiger partial charge in [-0.1, -0.05) is 13.8 Å². The second kappa shape index (κ2) is 6.99. The summed E-state index contributed by atoms with van der Waals surface area (Å²) in [6, 6.07) is 0. The van der Waals surface area contributed by atoms with Gasteiger partial charge in [-0.15, -0.1) is 0 Å². The summed E-state index contributed by atoms with van der Waals surface area (Å²) in [4.78, 5) is 11.8. The molecular formula is C15H26N4O. The Kier molecular flexibility index (Phi) is 5.31. The van der Waals surface area contributed by atoms with Gasteiger partial charge in [-0.3, -0.25) is 4.90 Å². The lowest BCUT2D eigenvalue weighted by molar-refractivity contribution is -0.0342. The van der Waals surface area contributed by atoms with E-state index < -0.39 is 0 Å². The molecule has 1 N–H and O–H groups in total. The van der Waals surface area contributed by atoms with Gasteiger partial charge >= 0.3 is 0 Å². The third-order valence-electron chi connectivity index (χ3n) is 3.80. The fraction of sp³-hybridized carbons (Fsp3) is 0.733. The van der Waals surface area contributed by atoms with Gasteiger partial charge in [0, 0.05) is 31.4 Å². The molecule has 1 aliphatic rings. The molecule has 2 rings (SSSR count). The molecule has 0 aromatic carbocycles. The molecule has 0 saturated carbocycles. The lowest BCUT2D eigenvalue weighted by atomic mass is 10.1. The van der Waals surface area contributed by atoms with E-state index in [1.54, 1.807) is 0 Å². The van der Waals surface area contributed by atoms with E-state index in [0.29, 0.717) is 0 Å². The first-order valence-corrected chi connectivity index (χ1v) is 7.58. The summed E-state index contributed by atoms with van der Waals surface area (Å²) in [6.07, 6.45) is 2.10. The van der Waals surface area contributed by atoms with Gasteiger partial charge in [-0.2, -0.15) is 0 Å². The average Bonchev–Trinajstić information content (AvgIpc) is 2.47. The lowest BCUT2D eigenvalue weighted by Crippen LogP contribution is -2.39. The molecule has 1 aliphatic heterocycles. The van der Waals surface area contributed by atoms with Crippen molar-refractivity contribution in [3.63, 3.8) is 0 Å². The Morgan fingerprint density at radius 1 is 1.35 bits per heavy atom. The Hall–Kier alpha value is -1.20. The van der Waals surface area contributed by atoms with Crippen molar-refractivity contribution in [1.82, 2.24) is 14.9 Å². The Morgan fingerprint density at radius 2 is 2.15 bits per heavy atom. The van der Waals surface area contributed by atoms with Crippen LogP contribution in [0.25, 0.3) is 0 Å². The standard InChI is InChI=1S/C15H26N4O/c1-5-7-19-8-9-20-13(10-19)15-17-11(3)12(6-2)14(16-4)18-15/h13H,5-10H2,1-4H3,(H,16,17,18). The van der Waals surface area contributed by atoms with Crippen LogP contribution in [0.1, 0.15) is 43.5 Å². The summed E-state index contributed by atoms with van der Waals surface area (Å²) in [5, 5.41) is 3.18. The molecule has 112 valence electrons. The normalized spacial score (nSPS) is 20.1. The number of hydrogen-bond donors (Lipinski definition) is 1. The number of morpholine rings is 1. The van der Waals surface area contributed by atoms with Gasteiger partial charge < -0.3 is 10.1 Å². The molecule has 0 spiro atoms. The quantitative estimate of drug-likeness (QED) is 0.894. The van der Waals surface area contributed by atoms with E-state index in [0.717, 1.165) is 50.0 Å². The van der Waals surface area contributed by atoms with Crippen molar-refractivity contribution in [2.45, 2.75) is 39.7 Å². The fourth-order valence-corrected chi connectivity index (χ4v) is 2.77. The van der Waals surface area contributed by atoms with Crippen molar-refractivity contribution in [1.29, 1.82) is 0 Å². The minimum absolute atomic E-state index is 0.00740. The number of rotatable bonds is 5.